The van der Waals surface area contributed by atoms with Gasteiger partial charge in [0.15, 0.2) is 0 Å². The second-order valence-electron chi connectivity index (χ2n) is 2.62. The van der Waals surface area contributed by atoms with Crippen LogP contribution in [0.15, 0.2) is 24.3 Å². The third-order valence-electron chi connectivity index (χ3n) is 1.57. The molecule has 63 valence electrons. The summed E-state index contributed by atoms with van der Waals surface area (Å²) in [5, 5.41) is 0.768. The second kappa shape index (κ2) is 5.00. The minimum atomic E-state index is 0.768. The summed E-state index contributed by atoms with van der Waals surface area (Å²) in [6, 6.07) is 8.72. The van der Waals surface area contributed by atoms with Crippen molar-refractivity contribution in [2.45, 2.75) is 19.8 Å². The van der Waals surface area contributed by atoms with Crippen molar-refractivity contribution in [1.29, 1.82) is 0 Å². The SMILES string of the molecule is CCC/C=C/c1[c]cccc1Cl. The van der Waals surface area contributed by atoms with Gasteiger partial charge in [-0.25, -0.2) is 0 Å². The van der Waals surface area contributed by atoms with Gasteiger partial charge in [-0.15, -0.1) is 0 Å². The van der Waals surface area contributed by atoms with E-state index in [0.29, 0.717) is 0 Å². The highest BCUT2D eigenvalue weighted by Gasteiger charge is 1.92. The van der Waals surface area contributed by atoms with Gasteiger partial charge in [0.25, 0.3) is 0 Å². The molecule has 12 heavy (non-hydrogen) atoms. The molecule has 0 unspecified atom stereocenters. The molecule has 1 radical (unpaired) electrons. The summed E-state index contributed by atoms with van der Waals surface area (Å²) in [6.45, 7) is 2.15. The highest BCUT2D eigenvalue weighted by Crippen LogP contribution is 2.15. The molecular formula is C11H12Cl. The Labute approximate surface area is 78.9 Å². The van der Waals surface area contributed by atoms with Crippen molar-refractivity contribution >= 4 is 17.7 Å². The molecule has 0 aliphatic heterocycles. The molecule has 1 aromatic rings. The number of benzene rings is 1. The molecule has 0 bridgehead atoms. The number of allylic oxidation sites excluding steroid dienone is 1. The van der Waals surface area contributed by atoms with E-state index in [0.717, 1.165) is 17.0 Å². The molecule has 1 aromatic carbocycles. The van der Waals surface area contributed by atoms with Crippen molar-refractivity contribution in [3.05, 3.63) is 40.9 Å². The van der Waals surface area contributed by atoms with Crippen LogP contribution < -0.4 is 0 Å². The Morgan fingerprint density at radius 1 is 1.58 bits per heavy atom. The van der Waals surface area contributed by atoms with Gasteiger partial charge in [-0.3, -0.25) is 0 Å². The fourth-order valence-electron chi connectivity index (χ4n) is 0.925. The van der Waals surface area contributed by atoms with Gasteiger partial charge < -0.3 is 0 Å². The average molecular weight is 180 g/mol. The van der Waals surface area contributed by atoms with E-state index < -0.39 is 0 Å². The Bertz CT molecular complexity index is 263. The average Bonchev–Trinajstić information content (AvgIpc) is 2.09. The predicted octanol–water partition coefficient (Wildman–Crippen LogP) is 3.95. The lowest BCUT2D eigenvalue weighted by atomic mass is 10.2. The first kappa shape index (κ1) is 9.34. The third-order valence-corrected chi connectivity index (χ3v) is 1.90. The molecule has 0 atom stereocenters. The molecule has 0 saturated heterocycles. The number of halogens is 1. The Morgan fingerprint density at radius 2 is 2.42 bits per heavy atom. The first-order chi connectivity index (χ1) is 5.84. The summed E-state index contributed by atoms with van der Waals surface area (Å²) in [6.07, 6.45) is 6.41. The van der Waals surface area contributed by atoms with E-state index in [1.165, 1.54) is 6.42 Å². The Hall–Kier alpha value is -0.750. The lowest BCUT2D eigenvalue weighted by molar-refractivity contribution is 0.962. The van der Waals surface area contributed by atoms with Crippen LogP contribution in [-0.2, 0) is 0 Å². The lowest BCUT2D eigenvalue weighted by Crippen LogP contribution is -1.73. The highest BCUT2D eigenvalue weighted by molar-refractivity contribution is 6.32. The third kappa shape index (κ3) is 2.71. The maximum Gasteiger partial charge on any atom is 0.0484 e. The largest absolute Gasteiger partial charge is 0.0839 e. The molecule has 0 fully saturated rings. The van der Waals surface area contributed by atoms with Crippen LogP contribution in [0.3, 0.4) is 0 Å². The molecule has 0 aliphatic carbocycles. The molecule has 0 aromatic heterocycles. The van der Waals surface area contributed by atoms with Gasteiger partial charge in [0.05, 0.1) is 0 Å². The minimum Gasteiger partial charge on any atom is -0.0839 e. The first-order valence-corrected chi connectivity index (χ1v) is 4.55. The lowest BCUT2D eigenvalue weighted by Gasteiger charge is -1.94. The van der Waals surface area contributed by atoms with Crippen molar-refractivity contribution in [1.82, 2.24) is 0 Å². The van der Waals surface area contributed by atoms with Gasteiger partial charge in [0.2, 0.25) is 0 Å². The summed E-state index contributed by atoms with van der Waals surface area (Å²) in [5.74, 6) is 0. The van der Waals surface area contributed by atoms with E-state index in [4.69, 9.17) is 11.6 Å². The Morgan fingerprint density at radius 3 is 3.08 bits per heavy atom. The molecule has 0 heterocycles. The number of unbranched alkanes of at least 4 members (excludes halogenated alkanes) is 1. The van der Waals surface area contributed by atoms with Gasteiger partial charge in [0, 0.05) is 10.6 Å². The van der Waals surface area contributed by atoms with Gasteiger partial charge in [-0.05, 0) is 18.6 Å². The maximum absolute atomic E-state index is 5.92. The van der Waals surface area contributed by atoms with E-state index >= 15 is 0 Å². The number of hydrogen-bond donors (Lipinski definition) is 0. The molecule has 0 N–H and O–H groups in total. The quantitative estimate of drug-likeness (QED) is 0.659. The fourth-order valence-corrected chi connectivity index (χ4v) is 1.12. The normalized spacial score (nSPS) is 10.8. The van der Waals surface area contributed by atoms with Crippen molar-refractivity contribution < 1.29 is 0 Å². The van der Waals surface area contributed by atoms with Crippen LogP contribution in [-0.4, -0.2) is 0 Å². The van der Waals surface area contributed by atoms with Crippen molar-refractivity contribution in [3.8, 4) is 0 Å². The van der Waals surface area contributed by atoms with Crippen LogP contribution in [0, 0.1) is 6.07 Å². The smallest absolute Gasteiger partial charge is 0.0484 e. The van der Waals surface area contributed by atoms with Gasteiger partial charge in [0.1, 0.15) is 0 Å². The molecule has 0 saturated carbocycles. The van der Waals surface area contributed by atoms with Crippen molar-refractivity contribution in [2.75, 3.05) is 0 Å². The Kier molecular flexibility index (Phi) is 3.89. The van der Waals surface area contributed by atoms with Crippen molar-refractivity contribution in [2.24, 2.45) is 0 Å². The summed E-state index contributed by atoms with van der Waals surface area (Å²) in [4.78, 5) is 0. The van der Waals surface area contributed by atoms with Crippen LogP contribution in [0.4, 0.5) is 0 Å². The monoisotopic (exact) mass is 179 g/mol. The van der Waals surface area contributed by atoms with E-state index in [1.54, 1.807) is 0 Å². The van der Waals surface area contributed by atoms with E-state index in [9.17, 15) is 0 Å². The summed E-state index contributed by atoms with van der Waals surface area (Å²) in [5.41, 5.74) is 0.979. The summed E-state index contributed by atoms with van der Waals surface area (Å²) in [7, 11) is 0. The second-order valence-corrected chi connectivity index (χ2v) is 3.03. The summed E-state index contributed by atoms with van der Waals surface area (Å²) < 4.78 is 0. The fraction of sp³-hybridized carbons (Fsp3) is 0.273. The predicted molar refractivity (Wildman–Crippen MR) is 54.2 cm³/mol. The van der Waals surface area contributed by atoms with Gasteiger partial charge in [-0.1, -0.05) is 49.2 Å². The van der Waals surface area contributed by atoms with E-state index in [2.05, 4.69) is 19.1 Å². The first-order valence-electron chi connectivity index (χ1n) is 4.17. The van der Waals surface area contributed by atoms with Crippen LogP contribution in [0.25, 0.3) is 6.08 Å². The molecule has 1 heteroatoms. The number of hydrogen-bond acceptors (Lipinski definition) is 0. The van der Waals surface area contributed by atoms with Crippen LogP contribution in [0.5, 0.6) is 0 Å². The van der Waals surface area contributed by atoms with E-state index in [1.807, 2.05) is 24.3 Å². The van der Waals surface area contributed by atoms with Gasteiger partial charge in [-0.2, -0.15) is 0 Å². The minimum absolute atomic E-state index is 0.768. The van der Waals surface area contributed by atoms with Crippen molar-refractivity contribution in [3.63, 3.8) is 0 Å². The van der Waals surface area contributed by atoms with Gasteiger partial charge >= 0.3 is 0 Å². The molecular weight excluding hydrogens is 168 g/mol. The molecule has 0 amide bonds. The highest BCUT2D eigenvalue weighted by atomic mass is 35.5. The Balaban J connectivity index is 2.68. The zero-order valence-corrected chi connectivity index (χ0v) is 7.93. The topological polar surface area (TPSA) is 0 Å². The zero-order valence-electron chi connectivity index (χ0n) is 7.18. The molecule has 0 nitrogen and oxygen atoms in total. The van der Waals surface area contributed by atoms with Crippen LogP contribution >= 0.6 is 11.6 Å². The van der Waals surface area contributed by atoms with Crippen LogP contribution in [0.1, 0.15) is 25.3 Å². The zero-order chi connectivity index (χ0) is 8.81. The summed E-state index contributed by atoms with van der Waals surface area (Å²) >= 11 is 5.92. The number of rotatable bonds is 3. The van der Waals surface area contributed by atoms with E-state index in [-0.39, 0.29) is 0 Å². The standard InChI is InChI=1S/C11H12Cl/c1-2-3-4-7-10-8-5-6-9-11(10)12/h4-7,9H,2-3H2,1H3/b7-4+. The molecule has 0 spiro atoms. The molecule has 1 rings (SSSR count). The van der Waals surface area contributed by atoms with Crippen LogP contribution in [0.2, 0.25) is 5.02 Å². The maximum atomic E-state index is 5.92. The molecule has 0 aliphatic rings.